The predicted octanol–water partition coefficient (Wildman–Crippen LogP) is 2.47. The molecule has 21 heavy (non-hydrogen) atoms. The maximum atomic E-state index is 4.61. The second-order valence-corrected chi connectivity index (χ2v) is 5.76. The Balaban J connectivity index is 1.52. The highest BCUT2D eigenvalue weighted by molar-refractivity contribution is 5.41. The summed E-state index contributed by atoms with van der Waals surface area (Å²) in [5.41, 5.74) is 3.31. The number of nitrogens with one attached hydrogen (secondary N) is 1. The molecule has 2 aromatic rings. The van der Waals surface area contributed by atoms with E-state index >= 15 is 0 Å². The van der Waals surface area contributed by atoms with Crippen molar-refractivity contribution < 1.29 is 0 Å². The van der Waals surface area contributed by atoms with E-state index in [2.05, 4.69) is 39.5 Å². The molecule has 5 nitrogen and oxygen atoms in total. The van der Waals surface area contributed by atoms with Gasteiger partial charge >= 0.3 is 0 Å². The van der Waals surface area contributed by atoms with Crippen molar-refractivity contribution in [3.05, 3.63) is 42.0 Å². The van der Waals surface area contributed by atoms with Gasteiger partial charge in [-0.25, -0.2) is 0 Å². The molecule has 0 radical (unpaired) electrons. The van der Waals surface area contributed by atoms with E-state index < -0.39 is 0 Å². The Labute approximate surface area is 126 Å². The molecule has 0 spiro atoms. The van der Waals surface area contributed by atoms with Crippen molar-refractivity contribution in [1.29, 1.82) is 0 Å². The van der Waals surface area contributed by atoms with Gasteiger partial charge in [0.05, 0.1) is 35.9 Å². The summed E-state index contributed by atoms with van der Waals surface area (Å²) in [7, 11) is 2.18. The zero-order valence-electron chi connectivity index (χ0n) is 12.8. The minimum Gasteiger partial charge on any atom is -0.382 e. The topological polar surface area (TPSA) is 46.0 Å². The molecule has 1 atom stereocenters. The van der Waals surface area contributed by atoms with Crippen LogP contribution >= 0.6 is 0 Å². The number of hydrogen-bond donors (Lipinski definition) is 1. The van der Waals surface area contributed by atoms with Crippen molar-refractivity contribution in [3.8, 4) is 0 Å². The Kier molecular flexibility index (Phi) is 4.20. The molecule has 0 aromatic carbocycles. The van der Waals surface area contributed by atoms with Crippen LogP contribution in [0.5, 0.6) is 0 Å². The molecule has 3 heterocycles. The van der Waals surface area contributed by atoms with Crippen LogP contribution in [0.1, 0.15) is 30.3 Å². The Morgan fingerprint density at radius 2 is 2.24 bits per heavy atom. The van der Waals surface area contributed by atoms with Crippen LogP contribution in [-0.2, 0) is 6.54 Å². The molecule has 112 valence electrons. The number of anilines is 1. The molecular weight excluding hydrogens is 262 g/mol. The standard InChI is InChI=1S/C16H23N5/c1-13-7-10-21(19-13)11-8-17-14-5-6-15(18-12-14)16-4-3-9-20(16)2/h5-7,10,12,16-17H,3-4,8-9,11H2,1-2H3/t16-/m1/s1. The van der Waals surface area contributed by atoms with Gasteiger partial charge in [0.1, 0.15) is 0 Å². The summed E-state index contributed by atoms with van der Waals surface area (Å²) >= 11 is 0. The Morgan fingerprint density at radius 3 is 2.86 bits per heavy atom. The maximum absolute atomic E-state index is 4.61. The third-order valence-corrected chi connectivity index (χ3v) is 4.09. The van der Waals surface area contributed by atoms with Gasteiger partial charge in [0.25, 0.3) is 0 Å². The Hall–Kier alpha value is -1.88. The van der Waals surface area contributed by atoms with Gasteiger partial charge in [-0.05, 0) is 51.6 Å². The van der Waals surface area contributed by atoms with E-state index in [0.717, 1.165) is 24.5 Å². The molecule has 0 aliphatic carbocycles. The molecule has 5 heteroatoms. The Morgan fingerprint density at radius 1 is 1.33 bits per heavy atom. The summed E-state index contributed by atoms with van der Waals surface area (Å²) in [5.74, 6) is 0. The highest BCUT2D eigenvalue weighted by Gasteiger charge is 2.23. The van der Waals surface area contributed by atoms with Crippen LogP contribution in [-0.4, -0.2) is 39.8 Å². The monoisotopic (exact) mass is 285 g/mol. The maximum Gasteiger partial charge on any atom is 0.0593 e. The number of nitrogens with zero attached hydrogens (tertiary/aromatic N) is 4. The lowest BCUT2D eigenvalue weighted by atomic mass is 10.1. The predicted molar refractivity (Wildman–Crippen MR) is 84.3 cm³/mol. The fourth-order valence-electron chi connectivity index (χ4n) is 2.89. The average molecular weight is 285 g/mol. The summed E-state index contributed by atoms with van der Waals surface area (Å²) in [5, 5.41) is 7.77. The van der Waals surface area contributed by atoms with Gasteiger partial charge in [-0.3, -0.25) is 14.6 Å². The average Bonchev–Trinajstić information content (AvgIpc) is 3.09. The summed E-state index contributed by atoms with van der Waals surface area (Å²) < 4.78 is 1.96. The lowest BCUT2D eigenvalue weighted by Crippen LogP contribution is -2.18. The number of rotatable bonds is 5. The molecule has 0 saturated carbocycles. The van der Waals surface area contributed by atoms with Crippen molar-refractivity contribution in [2.24, 2.45) is 0 Å². The molecule has 1 aliphatic rings. The van der Waals surface area contributed by atoms with E-state index in [4.69, 9.17) is 0 Å². The summed E-state index contributed by atoms with van der Waals surface area (Å²) in [4.78, 5) is 7.00. The first-order valence-electron chi connectivity index (χ1n) is 7.62. The fraction of sp³-hybridized carbons (Fsp3) is 0.500. The van der Waals surface area contributed by atoms with E-state index in [-0.39, 0.29) is 0 Å². The zero-order chi connectivity index (χ0) is 14.7. The molecule has 1 aliphatic heterocycles. The van der Waals surface area contributed by atoms with Gasteiger partial charge in [0, 0.05) is 12.7 Å². The number of hydrogen-bond acceptors (Lipinski definition) is 4. The quantitative estimate of drug-likeness (QED) is 0.916. The van der Waals surface area contributed by atoms with Gasteiger partial charge in [0.2, 0.25) is 0 Å². The van der Waals surface area contributed by atoms with Crippen molar-refractivity contribution in [2.75, 3.05) is 25.5 Å². The Bertz CT molecular complexity index is 575. The van der Waals surface area contributed by atoms with Gasteiger partial charge in [-0.2, -0.15) is 5.10 Å². The van der Waals surface area contributed by atoms with Crippen LogP contribution in [0, 0.1) is 6.92 Å². The molecule has 0 unspecified atom stereocenters. The van der Waals surface area contributed by atoms with Crippen LogP contribution in [0.4, 0.5) is 5.69 Å². The highest BCUT2D eigenvalue weighted by Crippen LogP contribution is 2.29. The third kappa shape index (κ3) is 3.42. The van der Waals surface area contributed by atoms with Crippen LogP contribution < -0.4 is 5.32 Å². The smallest absolute Gasteiger partial charge is 0.0593 e. The first-order chi connectivity index (χ1) is 10.2. The van der Waals surface area contributed by atoms with E-state index in [1.807, 2.05) is 30.1 Å². The first-order valence-corrected chi connectivity index (χ1v) is 7.62. The molecule has 2 aromatic heterocycles. The van der Waals surface area contributed by atoms with Crippen LogP contribution in [0.2, 0.25) is 0 Å². The van der Waals surface area contributed by atoms with E-state index in [9.17, 15) is 0 Å². The number of aromatic nitrogens is 3. The van der Waals surface area contributed by atoms with Gasteiger partial charge in [-0.1, -0.05) is 0 Å². The van der Waals surface area contributed by atoms with Crippen molar-refractivity contribution in [2.45, 2.75) is 32.4 Å². The van der Waals surface area contributed by atoms with E-state index in [0.29, 0.717) is 6.04 Å². The molecule has 0 amide bonds. The number of pyridine rings is 1. The highest BCUT2D eigenvalue weighted by atomic mass is 15.3. The second kappa shape index (κ2) is 6.26. The molecular formula is C16H23N5. The minimum atomic E-state index is 0.492. The SMILES string of the molecule is Cc1ccn(CCNc2ccc([C@H]3CCCN3C)nc2)n1. The number of likely N-dealkylation sites (tertiary alicyclic amines) is 1. The normalized spacial score (nSPS) is 19.0. The largest absolute Gasteiger partial charge is 0.382 e. The van der Waals surface area contributed by atoms with Gasteiger partial charge < -0.3 is 5.32 Å². The third-order valence-electron chi connectivity index (χ3n) is 4.09. The number of aryl methyl sites for hydroxylation is 1. The second-order valence-electron chi connectivity index (χ2n) is 5.76. The zero-order valence-corrected chi connectivity index (χ0v) is 12.8. The van der Waals surface area contributed by atoms with Gasteiger partial charge in [0.15, 0.2) is 0 Å². The lowest BCUT2D eigenvalue weighted by molar-refractivity contribution is 0.312. The van der Waals surface area contributed by atoms with Crippen LogP contribution in [0.25, 0.3) is 0 Å². The first kappa shape index (κ1) is 14.1. The van der Waals surface area contributed by atoms with Crippen molar-refractivity contribution in [3.63, 3.8) is 0 Å². The van der Waals surface area contributed by atoms with Crippen molar-refractivity contribution >= 4 is 5.69 Å². The molecule has 1 saturated heterocycles. The molecule has 0 bridgehead atoms. The van der Waals surface area contributed by atoms with Crippen LogP contribution in [0.15, 0.2) is 30.6 Å². The molecule has 1 fully saturated rings. The lowest BCUT2D eigenvalue weighted by Gasteiger charge is -2.18. The van der Waals surface area contributed by atoms with E-state index in [1.54, 1.807) is 0 Å². The minimum absolute atomic E-state index is 0.492. The van der Waals surface area contributed by atoms with Crippen LogP contribution in [0.3, 0.4) is 0 Å². The fourth-order valence-corrected chi connectivity index (χ4v) is 2.89. The van der Waals surface area contributed by atoms with Gasteiger partial charge in [-0.15, -0.1) is 0 Å². The molecule has 1 N–H and O–H groups in total. The summed E-state index contributed by atoms with van der Waals surface area (Å²) in [6, 6.07) is 6.79. The molecule has 3 rings (SSSR count). The summed E-state index contributed by atoms with van der Waals surface area (Å²) in [6.45, 7) is 4.90. The van der Waals surface area contributed by atoms with Crippen molar-refractivity contribution in [1.82, 2.24) is 19.7 Å². The summed E-state index contributed by atoms with van der Waals surface area (Å²) in [6.07, 6.45) is 6.44. The van der Waals surface area contributed by atoms with E-state index in [1.165, 1.54) is 25.1 Å².